The van der Waals surface area contributed by atoms with E-state index in [4.69, 9.17) is 16.2 Å². The number of carbonyl (C=O) groups excluding carboxylic acids is 2. The minimum atomic E-state index is 0. The molecule has 0 atom stereocenters. The largest absolute Gasteiger partial charge is 0.307 e. The van der Waals surface area contributed by atoms with E-state index in [2.05, 4.69) is 0 Å². The fourth-order valence-electron chi connectivity index (χ4n) is 0.111. The normalized spacial score (nSPS) is 5.30. The Kier molecular flexibility index (Phi) is 188. The van der Waals surface area contributed by atoms with Crippen molar-refractivity contribution in [3.05, 3.63) is 24.8 Å². The topological polar surface area (TPSA) is 34.1 Å². The Balaban J connectivity index is -0.0000000315. The molecule has 0 aromatic carbocycles. The summed E-state index contributed by atoms with van der Waals surface area (Å²) in [5.74, 6) is 0. The summed E-state index contributed by atoms with van der Waals surface area (Å²) in [5, 5.41) is 0. The van der Waals surface area contributed by atoms with E-state index in [1.807, 2.05) is 26.6 Å². The molecule has 3 heteroatoms. The van der Waals surface area contributed by atoms with Crippen LogP contribution in [0.25, 0.3) is 0 Å². The first kappa shape index (κ1) is 22.8. The summed E-state index contributed by atoms with van der Waals surface area (Å²) in [4.78, 5) is 16.0. The molecular formula is C7H11CoO2-. The zero-order valence-corrected chi connectivity index (χ0v) is 6.91. The molecule has 1 radical (unpaired) electrons. The molecule has 2 nitrogen and oxygen atoms in total. The maximum absolute atomic E-state index is 8.00. The molecule has 0 bridgehead atoms. The van der Waals surface area contributed by atoms with Crippen molar-refractivity contribution in [2.75, 3.05) is 0 Å². The molecule has 10 heavy (non-hydrogen) atoms. The van der Waals surface area contributed by atoms with Gasteiger partial charge in [0.1, 0.15) is 13.6 Å². The van der Waals surface area contributed by atoms with Gasteiger partial charge >= 0.3 is 0 Å². The maximum atomic E-state index is 8.00. The van der Waals surface area contributed by atoms with Gasteiger partial charge in [0, 0.05) is 16.8 Å². The van der Waals surface area contributed by atoms with Crippen molar-refractivity contribution in [1.82, 2.24) is 0 Å². The van der Waals surface area contributed by atoms with Crippen LogP contribution < -0.4 is 0 Å². The van der Waals surface area contributed by atoms with Gasteiger partial charge in [0.15, 0.2) is 0 Å². The second kappa shape index (κ2) is 82.6. The molecule has 0 saturated carbocycles. The van der Waals surface area contributed by atoms with Gasteiger partial charge in [0.05, 0.1) is 0 Å². The van der Waals surface area contributed by atoms with Crippen LogP contribution in [0.2, 0.25) is 0 Å². The molecule has 61 valence electrons. The summed E-state index contributed by atoms with van der Waals surface area (Å²) in [6.45, 7) is 10.8. The summed E-state index contributed by atoms with van der Waals surface area (Å²) in [7, 11) is 0. The Morgan fingerprint density at radius 2 is 1.50 bits per heavy atom. The minimum absolute atomic E-state index is 0. The van der Waals surface area contributed by atoms with Gasteiger partial charge in [-0.25, -0.2) is 12.2 Å². The third kappa shape index (κ3) is 167. The molecule has 0 rings (SSSR count). The van der Waals surface area contributed by atoms with Crippen LogP contribution in [0.3, 0.4) is 0 Å². The number of rotatable bonds is 1. The van der Waals surface area contributed by atoms with Gasteiger partial charge in [-0.15, -0.1) is 0 Å². The first-order valence-corrected chi connectivity index (χ1v) is 2.15. The quantitative estimate of drug-likeness (QED) is 0.455. The van der Waals surface area contributed by atoms with Gasteiger partial charge in [-0.3, -0.25) is 6.58 Å². The first-order chi connectivity index (χ1) is 4.41. The van der Waals surface area contributed by atoms with Crippen molar-refractivity contribution in [3.8, 4) is 0 Å². The molecule has 0 N–H and O–H groups in total. The van der Waals surface area contributed by atoms with Gasteiger partial charge in [-0.2, -0.15) is 6.08 Å². The van der Waals surface area contributed by atoms with Crippen LogP contribution in [0, 0.1) is 6.58 Å². The van der Waals surface area contributed by atoms with Crippen molar-refractivity contribution in [1.29, 1.82) is 0 Å². The zero-order chi connectivity index (χ0) is 8.12. The smallest absolute Gasteiger partial charge is 0.106 e. The summed E-state index contributed by atoms with van der Waals surface area (Å²) in [6.07, 6.45) is 5.15. The van der Waals surface area contributed by atoms with Gasteiger partial charge in [-0.05, 0) is 0 Å². The van der Waals surface area contributed by atoms with E-state index in [-0.39, 0.29) is 16.8 Å². The Morgan fingerprint density at radius 1 is 1.20 bits per heavy atom. The van der Waals surface area contributed by atoms with Crippen molar-refractivity contribution in [3.63, 3.8) is 0 Å². The van der Waals surface area contributed by atoms with Crippen LogP contribution >= 0.6 is 0 Å². The Labute approximate surface area is 72.2 Å². The van der Waals surface area contributed by atoms with Crippen LogP contribution in [-0.4, -0.2) is 13.6 Å². The van der Waals surface area contributed by atoms with E-state index in [0.717, 1.165) is 0 Å². The SMILES string of the molecule is C=O.C=O.[CH-]=CC=CC.[Co]. The van der Waals surface area contributed by atoms with Gasteiger partial charge in [0.25, 0.3) is 0 Å². The Morgan fingerprint density at radius 3 is 1.50 bits per heavy atom. The van der Waals surface area contributed by atoms with Gasteiger partial charge < -0.3 is 9.59 Å². The van der Waals surface area contributed by atoms with Crippen molar-refractivity contribution in [2.24, 2.45) is 0 Å². The van der Waals surface area contributed by atoms with Crippen molar-refractivity contribution < 1.29 is 26.4 Å². The third-order valence-corrected chi connectivity index (χ3v) is 0.304. The third-order valence-electron chi connectivity index (χ3n) is 0.304. The van der Waals surface area contributed by atoms with E-state index in [0.29, 0.717) is 0 Å². The second-order valence-corrected chi connectivity index (χ2v) is 0.718. The maximum Gasteiger partial charge on any atom is 0.106 e. The van der Waals surface area contributed by atoms with Crippen LogP contribution in [0.15, 0.2) is 18.2 Å². The molecule has 0 heterocycles. The van der Waals surface area contributed by atoms with E-state index >= 15 is 0 Å². The molecule has 0 fully saturated rings. The summed E-state index contributed by atoms with van der Waals surface area (Å²) in [6, 6.07) is 0. The Bertz CT molecular complexity index is 70.0. The van der Waals surface area contributed by atoms with Gasteiger partial charge in [-0.1, -0.05) is 6.92 Å². The van der Waals surface area contributed by atoms with Crippen molar-refractivity contribution in [2.45, 2.75) is 6.92 Å². The average molecular weight is 186 g/mol. The Hall–Kier alpha value is -0.674. The van der Waals surface area contributed by atoms with E-state index in [1.54, 1.807) is 6.08 Å². The van der Waals surface area contributed by atoms with Gasteiger partial charge in [0.2, 0.25) is 0 Å². The minimum Gasteiger partial charge on any atom is -0.307 e. The summed E-state index contributed by atoms with van der Waals surface area (Å²) >= 11 is 0. The molecule has 0 aliphatic heterocycles. The summed E-state index contributed by atoms with van der Waals surface area (Å²) in [5.41, 5.74) is 0. The molecule has 0 aliphatic carbocycles. The van der Waals surface area contributed by atoms with E-state index < -0.39 is 0 Å². The van der Waals surface area contributed by atoms with Crippen LogP contribution in [0.4, 0.5) is 0 Å². The molecular weight excluding hydrogens is 175 g/mol. The molecule has 0 saturated heterocycles. The predicted molar refractivity (Wildman–Crippen MR) is 37.9 cm³/mol. The number of hydrogen-bond donors (Lipinski definition) is 0. The first-order valence-electron chi connectivity index (χ1n) is 2.15. The van der Waals surface area contributed by atoms with Crippen molar-refractivity contribution >= 4 is 13.6 Å². The number of hydrogen-bond acceptors (Lipinski definition) is 2. The van der Waals surface area contributed by atoms with E-state index in [1.165, 1.54) is 6.08 Å². The average Bonchev–Trinajstić information content (AvgIpc) is 1.98. The molecule has 0 unspecified atom stereocenters. The molecule has 0 aromatic heterocycles. The monoisotopic (exact) mass is 186 g/mol. The van der Waals surface area contributed by atoms with Crippen LogP contribution in [-0.2, 0) is 26.4 Å². The number of allylic oxidation sites excluding steroid dienone is 3. The zero-order valence-electron chi connectivity index (χ0n) is 5.87. The fraction of sp³-hybridized carbons (Fsp3) is 0.143. The molecule has 0 spiro atoms. The van der Waals surface area contributed by atoms with E-state index in [9.17, 15) is 0 Å². The standard InChI is InChI=1S/C5H7.2CH2O.Co/c1-3-5-4-2;2*1-2;/h1,3-5H,2H3;2*1H2;/q-1;;;. The predicted octanol–water partition coefficient (Wildman–Crippen LogP) is 1.18. The molecule has 0 amide bonds. The molecule has 0 aromatic rings. The van der Waals surface area contributed by atoms with Crippen LogP contribution in [0.1, 0.15) is 6.92 Å². The number of carbonyl (C=O) groups is 2. The van der Waals surface area contributed by atoms with Crippen LogP contribution in [0.5, 0.6) is 0 Å². The molecule has 0 aliphatic rings. The second-order valence-electron chi connectivity index (χ2n) is 0.718. The summed E-state index contributed by atoms with van der Waals surface area (Å²) < 4.78 is 0. The fourth-order valence-corrected chi connectivity index (χ4v) is 0.111.